The Labute approximate surface area is 98.8 Å². The zero-order chi connectivity index (χ0) is 11.5. The average molecular weight is 231 g/mol. The Morgan fingerprint density at radius 2 is 2.12 bits per heavy atom. The van der Waals surface area contributed by atoms with E-state index >= 15 is 0 Å². The van der Waals surface area contributed by atoms with Gasteiger partial charge >= 0.3 is 0 Å². The lowest BCUT2D eigenvalue weighted by molar-refractivity contribution is 0.104. The van der Waals surface area contributed by atoms with Crippen LogP contribution in [0.4, 0.5) is 0 Å². The molecule has 16 heavy (non-hydrogen) atoms. The molecule has 0 aliphatic heterocycles. The van der Waals surface area contributed by atoms with Crippen LogP contribution in [0.25, 0.3) is 10.1 Å². The van der Waals surface area contributed by atoms with Crippen molar-refractivity contribution in [2.75, 3.05) is 14.1 Å². The van der Waals surface area contributed by atoms with Crippen LogP contribution in [0.15, 0.2) is 41.9 Å². The third-order valence-corrected chi connectivity index (χ3v) is 3.14. The van der Waals surface area contributed by atoms with Crippen LogP contribution in [0.3, 0.4) is 0 Å². The first kappa shape index (κ1) is 10.9. The number of rotatable bonds is 3. The zero-order valence-corrected chi connectivity index (χ0v) is 10.1. The number of ketones is 1. The summed E-state index contributed by atoms with van der Waals surface area (Å²) < 4.78 is 1.16. The molecule has 0 spiro atoms. The highest BCUT2D eigenvalue weighted by atomic mass is 32.1. The molecule has 0 bridgehead atoms. The van der Waals surface area contributed by atoms with Crippen LogP contribution in [-0.2, 0) is 0 Å². The van der Waals surface area contributed by atoms with Crippen molar-refractivity contribution < 1.29 is 4.79 Å². The van der Waals surface area contributed by atoms with Gasteiger partial charge in [-0.25, -0.2) is 0 Å². The number of nitrogens with zero attached hydrogens (tertiary/aromatic N) is 1. The molecular formula is C13H13NOS. The lowest BCUT2D eigenvalue weighted by atomic mass is 10.1. The molecule has 0 aliphatic carbocycles. The van der Waals surface area contributed by atoms with Crippen molar-refractivity contribution >= 4 is 27.2 Å². The second kappa shape index (κ2) is 4.49. The Balaban J connectivity index is 2.29. The molecule has 1 aromatic carbocycles. The van der Waals surface area contributed by atoms with Crippen molar-refractivity contribution in [2.45, 2.75) is 0 Å². The molecule has 1 heterocycles. The van der Waals surface area contributed by atoms with E-state index in [0.29, 0.717) is 0 Å². The average Bonchev–Trinajstić information content (AvgIpc) is 2.72. The number of carbonyl (C=O) groups is 1. The first-order valence-corrected chi connectivity index (χ1v) is 5.91. The first-order chi connectivity index (χ1) is 7.66. The van der Waals surface area contributed by atoms with E-state index in [-0.39, 0.29) is 5.78 Å². The topological polar surface area (TPSA) is 20.3 Å². The van der Waals surface area contributed by atoms with Crippen LogP contribution in [-0.4, -0.2) is 24.8 Å². The Bertz CT molecular complexity index is 540. The van der Waals surface area contributed by atoms with Gasteiger partial charge in [0.25, 0.3) is 0 Å². The molecule has 0 radical (unpaired) electrons. The molecule has 3 heteroatoms. The zero-order valence-electron chi connectivity index (χ0n) is 9.31. The minimum atomic E-state index is 0.0454. The van der Waals surface area contributed by atoms with E-state index in [2.05, 4.69) is 6.07 Å². The van der Waals surface area contributed by atoms with Crippen molar-refractivity contribution in [3.8, 4) is 0 Å². The predicted molar refractivity (Wildman–Crippen MR) is 69.0 cm³/mol. The maximum absolute atomic E-state index is 11.8. The Morgan fingerprint density at radius 1 is 1.31 bits per heavy atom. The molecule has 82 valence electrons. The fourth-order valence-corrected chi connectivity index (χ4v) is 2.25. The van der Waals surface area contributed by atoms with E-state index in [4.69, 9.17) is 0 Å². The SMILES string of the molecule is CN(C)/C=C\C(=O)c1ccc2ccsc2c1. The number of allylic oxidation sites excluding steroid dienone is 1. The van der Waals surface area contributed by atoms with Gasteiger partial charge in [-0.1, -0.05) is 12.1 Å². The molecule has 0 aliphatic rings. The summed E-state index contributed by atoms with van der Waals surface area (Å²) in [5.74, 6) is 0.0454. The normalized spacial score (nSPS) is 11.1. The third-order valence-electron chi connectivity index (χ3n) is 2.26. The van der Waals surface area contributed by atoms with Crippen molar-refractivity contribution in [2.24, 2.45) is 0 Å². The van der Waals surface area contributed by atoms with Gasteiger partial charge < -0.3 is 4.90 Å². The second-order valence-electron chi connectivity index (χ2n) is 3.82. The smallest absolute Gasteiger partial charge is 0.187 e. The monoisotopic (exact) mass is 231 g/mol. The summed E-state index contributed by atoms with van der Waals surface area (Å²) in [5.41, 5.74) is 0.744. The lowest BCUT2D eigenvalue weighted by Crippen LogP contribution is -2.02. The molecule has 0 N–H and O–H groups in total. The molecule has 0 saturated carbocycles. The maximum Gasteiger partial charge on any atom is 0.187 e. The molecule has 0 unspecified atom stereocenters. The summed E-state index contributed by atoms with van der Waals surface area (Å²) in [7, 11) is 3.79. The van der Waals surface area contributed by atoms with Gasteiger partial charge in [-0.05, 0) is 22.9 Å². The molecule has 0 saturated heterocycles. The van der Waals surface area contributed by atoms with E-state index in [1.807, 2.05) is 42.6 Å². The molecule has 2 rings (SSSR count). The van der Waals surface area contributed by atoms with Crippen LogP contribution < -0.4 is 0 Å². The molecule has 1 aromatic heterocycles. The van der Waals surface area contributed by atoms with Crippen molar-refractivity contribution in [3.05, 3.63) is 47.5 Å². The Kier molecular flexibility index (Phi) is 3.06. The minimum absolute atomic E-state index is 0.0454. The summed E-state index contributed by atoms with van der Waals surface area (Å²) in [5, 5.41) is 3.23. The summed E-state index contributed by atoms with van der Waals surface area (Å²) in [4.78, 5) is 13.7. The van der Waals surface area contributed by atoms with Crippen LogP contribution in [0, 0.1) is 0 Å². The minimum Gasteiger partial charge on any atom is -0.383 e. The van der Waals surface area contributed by atoms with Gasteiger partial charge in [-0.15, -0.1) is 11.3 Å². The highest BCUT2D eigenvalue weighted by Crippen LogP contribution is 2.22. The summed E-state index contributed by atoms with van der Waals surface area (Å²) in [6.45, 7) is 0. The van der Waals surface area contributed by atoms with Gasteiger partial charge in [-0.2, -0.15) is 0 Å². The molecule has 0 amide bonds. The molecular weight excluding hydrogens is 218 g/mol. The number of benzene rings is 1. The van der Waals surface area contributed by atoms with Crippen LogP contribution in [0.2, 0.25) is 0 Å². The van der Waals surface area contributed by atoms with Gasteiger partial charge in [0, 0.05) is 36.6 Å². The molecule has 2 nitrogen and oxygen atoms in total. The fourth-order valence-electron chi connectivity index (χ4n) is 1.42. The number of hydrogen-bond donors (Lipinski definition) is 0. The predicted octanol–water partition coefficient (Wildman–Crippen LogP) is 3.16. The van der Waals surface area contributed by atoms with Crippen molar-refractivity contribution in [1.29, 1.82) is 0 Å². The molecule has 0 atom stereocenters. The van der Waals surface area contributed by atoms with E-state index in [1.54, 1.807) is 23.6 Å². The highest BCUT2D eigenvalue weighted by Gasteiger charge is 2.03. The Morgan fingerprint density at radius 3 is 2.88 bits per heavy atom. The van der Waals surface area contributed by atoms with Gasteiger partial charge in [-0.3, -0.25) is 4.79 Å². The summed E-state index contributed by atoms with van der Waals surface area (Å²) >= 11 is 1.66. The van der Waals surface area contributed by atoms with Gasteiger partial charge in [0.2, 0.25) is 0 Å². The number of fused-ring (bicyclic) bond motifs is 1. The molecule has 0 fully saturated rings. The number of carbonyl (C=O) groups excluding carboxylic acids is 1. The van der Waals surface area contributed by atoms with Crippen LogP contribution in [0.1, 0.15) is 10.4 Å². The van der Waals surface area contributed by atoms with Crippen LogP contribution in [0.5, 0.6) is 0 Å². The summed E-state index contributed by atoms with van der Waals surface area (Å²) in [6.07, 6.45) is 3.36. The standard InChI is InChI=1S/C13H13NOS/c1-14(2)7-5-12(15)11-4-3-10-6-8-16-13(10)9-11/h3-9H,1-2H3/b7-5-. The lowest BCUT2D eigenvalue weighted by Gasteiger charge is -2.02. The maximum atomic E-state index is 11.8. The van der Waals surface area contributed by atoms with E-state index in [9.17, 15) is 4.79 Å². The Hall–Kier alpha value is -1.61. The largest absolute Gasteiger partial charge is 0.383 e. The van der Waals surface area contributed by atoms with E-state index in [0.717, 1.165) is 10.3 Å². The van der Waals surface area contributed by atoms with Gasteiger partial charge in [0.15, 0.2) is 5.78 Å². The van der Waals surface area contributed by atoms with Crippen molar-refractivity contribution in [1.82, 2.24) is 4.90 Å². The number of hydrogen-bond acceptors (Lipinski definition) is 3. The van der Waals surface area contributed by atoms with E-state index < -0.39 is 0 Å². The highest BCUT2D eigenvalue weighted by molar-refractivity contribution is 7.17. The van der Waals surface area contributed by atoms with E-state index in [1.165, 1.54) is 5.39 Å². The summed E-state index contributed by atoms with van der Waals surface area (Å²) in [6, 6.07) is 7.87. The first-order valence-electron chi connectivity index (χ1n) is 5.03. The quantitative estimate of drug-likeness (QED) is 0.597. The van der Waals surface area contributed by atoms with Gasteiger partial charge in [0.05, 0.1) is 0 Å². The molecule has 2 aromatic rings. The van der Waals surface area contributed by atoms with Crippen molar-refractivity contribution in [3.63, 3.8) is 0 Å². The second-order valence-corrected chi connectivity index (χ2v) is 4.76. The number of thiophene rings is 1. The third kappa shape index (κ3) is 2.31. The van der Waals surface area contributed by atoms with Crippen LogP contribution >= 0.6 is 11.3 Å². The van der Waals surface area contributed by atoms with Gasteiger partial charge in [0.1, 0.15) is 0 Å². The fraction of sp³-hybridized carbons (Fsp3) is 0.154.